The number of ether oxygens (including phenoxy) is 1. The highest BCUT2D eigenvalue weighted by molar-refractivity contribution is 5.41. The lowest BCUT2D eigenvalue weighted by molar-refractivity contribution is 0.266. The zero-order valence-electron chi connectivity index (χ0n) is 16.1. The largest absolute Gasteiger partial charge is 0.494 e. The van der Waals surface area contributed by atoms with Crippen molar-refractivity contribution in [1.82, 2.24) is 14.7 Å². The van der Waals surface area contributed by atoms with E-state index in [0.29, 0.717) is 18.9 Å². The number of nitrogens with zero attached hydrogens (tertiary/aromatic N) is 3. The van der Waals surface area contributed by atoms with Crippen LogP contribution < -0.4 is 4.74 Å². The number of hydrogen-bond donors (Lipinski definition) is 1. The van der Waals surface area contributed by atoms with Gasteiger partial charge >= 0.3 is 0 Å². The van der Waals surface area contributed by atoms with Crippen LogP contribution >= 0.6 is 0 Å². The summed E-state index contributed by atoms with van der Waals surface area (Å²) in [5.41, 5.74) is 1.70. The molecule has 0 saturated heterocycles. The second-order valence-electron chi connectivity index (χ2n) is 6.41. The maximum Gasteiger partial charge on any atom is 0.210 e. The summed E-state index contributed by atoms with van der Waals surface area (Å²) in [4.78, 5) is 4.31. The predicted octanol–water partition coefficient (Wildman–Crippen LogP) is 3.42. The SMILES string of the molecule is CCc1nccn1Cc1cc(C#Cc2ccc(OCCCCCO)cc2)on1. The molecule has 3 rings (SSSR count). The molecular formula is C22H25N3O3. The Hall–Kier alpha value is -3.04. The molecule has 0 radical (unpaired) electrons. The Kier molecular flexibility index (Phi) is 7.28. The van der Waals surface area contributed by atoms with Crippen LogP contribution in [-0.2, 0) is 13.0 Å². The van der Waals surface area contributed by atoms with Gasteiger partial charge in [0.2, 0.25) is 5.76 Å². The Morgan fingerprint density at radius 2 is 2.00 bits per heavy atom. The summed E-state index contributed by atoms with van der Waals surface area (Å²) in [7, 11) is 0. The molecular weight excluding hydrogens is 354 g/mol. The van der Waals surface area contributed by atoms with Gasteiger partial charge in [-0.3, -0.25) is 0 Å². The topological polar surface area (TPSA) is 73.3 Å². The van der Waals surface area contributed by atoms with E-state index in [4.69, 9.17) is 14.4 Å². The van der Waals surface area contributed by atoms with E-state index in [0.717, 1.165) is 48.5 Å². The Labute approximate surface area is 165 Å². The highest BCUT2D eigenvalue weighted by Gasteiger charge is 2.06. The molecule has 0 aliphatic heterocycles. The fraction of sp³-hybridized carbons (Fsp3) is 0.364. The van der Waals surface area contributed by atoms with E-state index >= 15 is 0 Å². The highest BCUT2D eigenvalue weighted by atomic mass is 16.5. The number of aryl methyl sites for hydroxylation is 1. The summed E-state index contributed by atoms with van der Waals surface area (Å²) < 4.78 is 13.0. The quantitative estimate of drug-likeness (QED) is 0.455. The summed E-state index contributed by atoms with van der Waals surface area (Å²) in [6.07, 6.45) is 7.34. The van der Waals surface area contributed by atoms with Crippen molar-refractivity contribution < 1.29 is 14.4 Å². The number of benzene rings is 1. The van der Waals surface area contributed by atoms with Crippen LogP contribution in [0.3, 0.4) is 0 Å². The third kappa shape index (κ3) is 5.73. The normalized spacial score (nSPS) is 10.5. The standard InChI is InChI=1S/C22H25N3O3/c1-2-22-23-12-13-25(22)17-19-16-21(28-24-19)11-8-18-6-9-20(10-7-18)27-15-5-3-4-14-26/h6-7,9-10,12-13,16,26H,2-5,14-15,17H2,1H3. The third-order valence-electron chi connectivity index (χ3n) is 4.26. The molecule has 146 valence electrons. The van der Waals surface area contributed by atoms with Crippen molar-refractivity contribution in [2.45, 2.75) is 39.2 Å². The van der Waals surface area contributed by atoms with Crippen LogP contribution in [0.4, 0.5) is 0 Å². The second kappa shape index (κ2) is 10.3. The minimum absolute atomic E-state index is 0.239. The summed E-state index contributed by atoms with van der Waals surface area (Å²) in [6.45, 7) is 3.59. The molecule has 0 fully saturated rings. The molecule has 0 unspecified atom stereocenters. The number of aliphatic hydroxyl groups excluding tert-OH is 1. The Morgan fingerprint density at radius 3 is 2.79 bits per heavy atom. The van der Waals surface area contributed by atoms with Gasteiger partial charge in [-0.05, 0) is 49.4 Å². The highest BCUT2D eigenvalue weighted by Crippen LogP contribution is 2.13. The first kappa shape index (κ1) is 19.7. The van der Waals surface area contributed by atoms with Crippen LogP contribution in [0.15, 0.2) is 47.2 Å². The monoisotopic (exact) mass is 379 g/mol. The van der Waals surface area contributed by atoms with Crippen molar-refractivity contribution in [2.24, 2.45) is 0 Å². The lowest BCUT2D eigenvalue weighted by Crippen LogP contribution is -2.03. The molecule has 2 heterocycles. The molecule has 0 amide bonds. The second-order valence-corrected chi connectivity index (χ2v) is 6.41. The van der Waals surface area contributed by atoms with Gasteiger partial charge in [-0.2, -0.15) is 0 Å². The molecule has 0 aliphatic rings. The molecule has 6 heteroatoms. The zero-order valence-corrected chi connectivity index (χ0v) is 16.1. The fourth-order valence-corrected chi connectivity index (χ4v) is 2.77. The molecule has 28 heavy (non-hydrogen) atoms. The lowest BCUT2D eigenvalue weighted by Gasteiger charge is -2.05. The van der Waals surface area contributed by atoms with Crippen LogP contribution in [0, 0.1) is 11.8 Å². The summed E-state index contributed by atoms with van der Waals surface area (Å²) in [6, 6.07) is 9.52. The molecule has 0 aliphatic carbocycles. The van der Waals surface area contributed by atoms with Gasteiger partial charge in [-0.1, -0.05) is 18.0 Å². The Balaban J connectivity index is 1.53. The van der Waals surface area contributed by atoms with Gasteiger partial charge in [0.15, 0.2) is 0 Å². The van der Waals surface area contributed by atoms with Crippen LogP contribution in [0.2, 0.25) is 0 Å². The van der Waals surface area contributed by atoms with Crippen molar-refractivity contribution in [3.05, 3.63) is 65.6 Å². The molecule has 3 aromatic rings. The molecule has 2 aromatic heterocycles. The molecule has 1 N–H and O–H groups in total. The summed E-state index contributed by atoms with van der Waals surface area (Å²) >= 11 is 0. The van der Waals surface area contributed by atoms with Gasteiger partial charge in [-0.15, -0.1) is 0 Å². The van der Waals surface area contributed by atoms with Crippen molar-refractivity contribution >= 4 is 0 Å². The van der Waals surface area contributed by atoms with E-state index in [1.807, 2.05) is 36.5 Å². The van der Waals surface area contributed by atoms with Crippen LogP contribution in [0.5, 0.6) is 5.75 Å². The molecule has 1 aromatic carbocycles. The summed E-state index contributed by atoms with van der Waals surface area (Å²) in [5, 5.41) is 12.8. The first-order chi connectivity index (χ1) is 13.8. The van der Waals surface area contributed by atoms with Crippen molar-refractivity contribution in [2.75, 3.05) is 13.2 Å². The minimum Gasteiger partial charge on any atom is -0.494 e. The maximum absolute atomic E-state index is 8.76. The third-order valence-corrected chi connectivity index (χ3v) is 4.26. The minimum atomic E-state index is 0.239. The number of aromatic nitrogens is 3. The van der Waals surface area contributed by atoms with E-state index in [1.165, 1.54) is 0 Å². The van der Waals surface area contributed by atoms with Crippen molar-refractivity contribution in [3.8, 4) is 17.6 Å². The van der Waals surface area contributed by atoms with Gasteiger partial charge in [0, 0.05) is 37.1 Å². The van der Waals surface area contributed by atoms with E-state index in [-0.39, 0.29) is 6.61 Å². The zero-order chi connectivity index (χ0) is 19.6. The van der Waals surface area contributed by atoms with E-state index < -0.39 is 0 Å². The van der Waals surface area contributed by atoms with Crippen molar-refractivity contribution in [3.63, 3.8) is 0 Å². The maximum atomic E-state index is 8.76. The number of aliphatic hydroxyl groups is 1. The number of unbranched alkanes of at least 4 members (excludes halogenated alkanes) is 2. The van der Waals surface area contributed by atoms with Crippen LogP contribution in [0.25, 0.3) is 0 Å². The predicted molar refractivity (Wildman–Crippen MR) is 106 cm³/mol. The van der Waals surface area contributed by atoms with E-state index in [1.54, 1.807) is 6.20 Å². The summed E-state index contributed by atoms with van der Waals surface area (Å²) in [5.74, 6) is 8.47. The van der Waals surface area contributed by atoms with Crippen LogP contribution in [-0.4, -0.2) is 33.0 Å². The van der Waals surface area contributed by atoms with Gasteiger partial charge in [0.1, 0.15) is 17.3 Å². The molecule has 0 bridgehead atoms. The first-order valence-electron chi connectivity index (χ1n) is 9.60. The number of hydrogen-bond acceptors (Lipinski definition) is 5. The number of rotatable bonds is 9. The van der Waals surface area contributed by atoms with Gasteiger partial charge < -0.3 is 18.9 Å². The van der Waals surface area contributed by atoms with Crippen LogP contribution in [0.1, 0.15) is 49.0 Å². The average molecular weight is 379 g/mol. The fourth-order valence-electron chi connectivity index (χ4n) is 2.77. The average Bonchev–Trinajstić information content (AvgIpc) is 3.36. The smallest absolute Gasteiger partial charge is 0.210 e. The van der Waals surface area contributed by atoms with Gasteiger partial charge in [-0.25, -0.2) is 4.98 Å². The molecule has 0 spiro atoms. The van der Waals surface area contributed by atoms with Crippen molar-refractivity contribution in [1.29, 1.82) is 0 Å². The molecule has 0 atom stereocenters. The first-order valence-corrected chi connectivity index (χ1v) is 9.60. The molecule has 0 saturated carbocycles. The number of imidazole rings is 1. The van der Waals surface area contributed by atoms with E-state index in [2.05, 4.69) is 33.5 Å². The Morgan fingerprint density at radius 1 is 1.14 bits per heavy atom. The van der Waals surface area contributed by atoms with Gasteiger partial charge in [0.25, 0.3) is 0 Å². The lowest BCUT2D eigenvalue weighted by atomic mass is 10.2. The Bertz CT molecular complexity index is 916. The molecule has 6 nitrogen and oxygen atoms in total. The van der Waals surface area contributed by atoms with Gasteiger partial charge in [0.05, 0.1) is 13.2 Å². The van der Waals surface area contributed by atoms with E-state index in [9.17, 15) is 0 Å².